The van der Waals surface area contributed by atoms with Crippen LogP contribution in [0.25, 0.3) is 10.8 Å². The Morgan fingerprint density at radius 1 is 0.897 bits per heavy atom. The Labute approximate surface area is 228 Å². The first-order valence-electron chi connectivity index (χ1n) is 13.2. The fourth-order valence-corrected chi connectivity index (χ4v) is 4.97. The largest absolute Gasteiger partial charge is 0.490 e. The topological polar surface area (TPSA) is 106 Å². The van der Waals surface area contributed by atoms with E-state index in [1.165, 1.54) is 0 Å². The number of piperidine rings is 1. The number of hydrogen-bond donors (Lipinski definition) is 3. The molecule has 1 saturated heterocycles. The van der Waals surface area contributed by atoms with Crippen molar-refractivity contribution in [3.8, 4) is 5.75 Å². The number of fused-ring (bicyclic) bond motifs is 1. The van der Waals surface area contributed by atoms with Gasteiger partial charge in [-0.05, 0) is 71.8 Å². The molecule has 198 valence electrons. The van der Waals surface area contributed by atoms with Crippen molar-refractivity contribution in [1.82, 2.24) is 4.90 Å². The van der Waals surface area contributed by atoms with Crippen LogP contribution in [-0.4, -0.2) is 41.7 Å². The van der Waals surface area contributed by atoms with Crippen LogP contribution in [0.5, 0.6) is 5.75 Å². The van der Waals surface area contributed by atoms with Crippen LogP contribution < -0.4 is 15.4 Å². The molecule has 0 unspecified atom stereocenters. The first-order chi connectivity index (χ1) is 18.9. The SMILES string of the molecule is CC(=N)N1CCC(Oc2ccc(N(Cc3ccc4ccc(C(=N)N)cc4c3)C(=O)c3ccccc3)cc2)CC1. The molecule has 1 amide bonds. The van der Waals surface area contributed by atoms with E-state index in [4.69, 9.17) is 21.3 Å². The van der Waals surface area contributed by atoms with E-state index >= 15 is 0 Å². The summed E-state index contributed by atoms with van der Waals surface area (Å²) in [7, 11) is 0. The number of amidine groups is 2. The molecule has 1 aliphatic rings. The molecule has 39 heavy (non-hydrogen) atoms. The van der Waals surface area contributed by atoms with Crippen molar-refractivity contribution in [3.63, 3.8) is 0 Å². The van der Waals surface area contributed by atoms with Gasteiger partial charge in [0, 0.05) is 42.7 Å². The number of nitrogens with zero attached hydrogens (tertiary/aromatic N) is 2. The standard InChI is InChI=1S/C32H33N5O2/c1-22(33)36-17-15-30(16-18-36)39-29-13-11-28(12-14-29)37(32(38)25-5-3-2-4-6-25)21-23-7-8-24-9-10-26(31(34)35)20-27(24)19-23/h2-14,19-20,30,33H,15-18,21H2,1H3,(H3,34,35). The molecule has 0 radical (unpaired) electrons. The van der Waals surface area contributed by atoms with Crippen LogP contribution in [0.1, 0.15) is 41.3 Å². The maximum absolute atomic E-state index is 13.7. The van der Waals surface area contributed by atoms with Crippen molar-refractivity contribution in [2.24, 2.45) is 5.73 Å². The summed E-state index contributed by atoms with van der Waals surface area (Å²) in [6.45, 7) is 3.87. The molecule has 5 rings (SSSR count). The number of nitrogens with one attached hydrogen (secondary N) is 2. The summed E-state index contributed by atoms with van der Waals surface area (Å²) in [4.78, 5) is 17.5. The lowest BCUT2D eigenvalue weighted by Gasteiger charge is -2.33. The molecule has 0 atom stereocenters. The molecule has 0 aromatic heterocycles. The first-order valence-corrected chi connectivity index (χ1v) is 13.2. The molecule has 7 nitrogen and oxygen atoms in total. The number of nitrogens with two attached hydrogens (primary N) is 1. The Morgan fingerprint density at radius 2 is 1.59 bits per heavy atom. The lowest BCUT2D eigenvalue weighted by Crippen LogP contribution is -2.40. The minimum Gasteiger partial charge on any atom is -0.490 e. The van der Waals surface area contributed by atoms with Gasteiger partial charge in [0.2, 0.25) is 0 Å². The number of rotatable bonds is 7. The van der Waals surface area contributed by atoms with E-state index in [9.17, 15) is 4.79 Å². The Morgan fingerprint density at radius 3 is 2.26 bits per heavy atom. The average molecular weight is 520 g/mol. The lowest BCUT2D eigenvalue weighted by atomic mass is 10.0. The maximum atomic E-state index is 13.7. The summed E-state index contributed by atoms with van der Waals surface area (Å²) in [5, 5.41) is 17.6. The van der Waals surface area contributed by atoms with Crippen LogP contribution in [-0.2, 0) is 6.54 Å². The van der Waals surface area contributed by atoms with Gasteiger partial charge in [0.25, 0.3) is 5.91 Å². The number of ether oxygens (including phenoxy) is 1. The van der Waals surface area contributed by atoms with Crippen LogP contribution in [0, 0.1) is 10.8 Å². The Kier molecular flexibility index (Phi) is 7.59. The number of carbonyl (C=O) groups is 1. The second kappa shape index (κ2) is 11.4. The lowest BCUT2D eigenvalue weighted by molar-refractivity contribution is 0.0985. The third kappa shape index (κ3) is 6.09. The number of nitrogen functional groups attached to an aromatic ring is 1. The Hall–Kier alpha value is -4.65. The monoisotopic (exact) mass is 519 g/mol. The number of carbonyl (C=O) groups excluding carboxylic acids is 1. The number of hydrogen-bond acceptors (Lipinski definition) is 4. The number of amides is 1. The molecular formula is C32H33N5O2. The fraction of sp³-hybridized carbons (Fsp3) is 0.219. The van der Waals surface area contributed by atoms with E-state index in [0.29, 0.717) is 23.5 Å². The molecule has 4 aromatic rings. The van der Waals surface area contributed by atoms with E-state index in [1.807, 2.05) is 97.9 Å². The van der Waals surface area contributed by atoms with Gasteiger partial charge in [-0.15, -0.1) is 0 Å². The maximum Gasteiger partial charge on any atom is 0.258 e. The highest BCUT2D eigenvalue weighted by Crippen LogP contribution is 2.27. The highest BCUT2D eigenvalue weighted by Gasteiger charge is 2.22. The zero-order valence-electron chi connectivity index (χ0n) is 22.1. The van der Waals surface area contributed by atoms with Gasteiger partial charge in [0.1, 0.15) is 17.7 Å². The van der Waals surface area contributed by atoms with Gasteiger partial charge >= 0.3 is 0 Å². The van der Waals surface area contributed by atoms with Gasteiger partial charge in [0.15, 0.2) is 0 Å². The third-order valence-electron chi connectivity index (χ3n) is 7.19. The minimum atomic E-state index is -0.0868. The summed E-state index contributed by atoms with van der Waals surface area (Å²) >= 11 is 0. The van der Waals surface area contributed by atoms with E-state index in [2.05, 4.69) is 4.90 Å². The summed E-state index contributed by atoms with van der Waals surface area (Å²) in [5.41, 5.74) is 8.74. The number of benzene rings is 4. The van der Waals surface area contributed by atoms with Gasteiger partial charge in [-0.3, -0.25) is 15.6 Å². The molecule has 1 fully saturated rings. The molecule has 7 heteroatoms. The molecule has 1 aliphatic heterocycles. The molecule has 0 saturated carbocycles. The fourth-order valence-electron chi connectivity index (χ4n) is 4.97. The molecule has 0 spiro atoms. The van der Waals surface area contributed by atoms with Gasteiger partial charge in [-0.2, -0.15) is 0 Å². The predicted octanol–water partition coefficient (Wildman–Crippen LogP) is 5.81. The zero-order valence-corrected chi connectivity index (χ0v) is 22.1. The first kappa shape index (κ1) is 26.0. The third-order valence-corrected chi connectivity index (χ3v) is 7.19. The molecular weight excluding hydrogens is 486 g/mol. The summed E-state index contributed by atoms with van der Waals surface area (Å²) in [6, 6.07) is 28.8. The molecule has 0 bridgehead atoms. The van der Waals surface area contributed by atoms with E-state index < -0.39 is 0 Å². The van der Waals surface area contributed by atoms with Crippen LogP contribution in [0.3, 0.4) is 0 Å². The molecule has 4 N–H and O–H groups in total. The van der Waals surface area contributed by atoms with Crippen molar-refractivity contribution >= 4 is 34.0 Å². The molecule has 0 aliphatic carbocycles. The van der Waals surface area contributed by atoms with E-state index in [0.717, 1.165) is 53.7 Å². The van der Waals surface area contributed by atoms with Crippen LogP contribution >= 0.6 is 0 Å². The number of anilines is 1. The van der Waals surface area contributed by atoms with Crippen molar-refractivity contribution in [2.75, 3.05) is 18.0 Å². The predicted molar refractivity (Wildman–Crippen MR) is 157 cm³/mol. The van der Waals surface area contributed by atoms with Crippen molar-refractivity contribution in [1.29, 1.82) is 10.8 Å². The Balaban J connectivity index is 1.38. The Bertz CT molecular complexity index is 1490. The summed E-state index contributed by atoms with van der Waals surface area (Å²) in [6.07, 6.45) is 1.87. The zero-order chi connectivity index (χ0) is 27.4. The molecule has 4 aromatic carbocycles. The van der Waals surface area contributed by atoms with Crippen molar-refractivity contribution in [2.45, 2.75) is 32.4 Å². The van der Waals surface area contributed by atoms with Gasteiger partial charge in [-0.1, -0.05) is 42.5 Å². The summed E-state index contributed by atoms with van der Waals surface area (Å²) < 4.78 is 6.23. The van der Waals surface area contributed by atoms with Gasteiger partial charge < -0.3 is 20.3 Å². The highest BCUT2D eigenvalue weighted by atomic mass is 16.5. The van der Waals surface area contributed by atoms with Crippen LogP contribution in [0.15, 0.2) is 91.0 Å². The van der Waals surface area contributed by atoms with E-state index in [1.54, 1.807) is 4.90 Å². The smallest absolute Gasteiger partial charge is 0.258 e. The van der Waals surface area contributed by atoms with Crippen molar-refractivity contribution < 1.29 is 9.53 Å². The average Bonchev–Trinajstić information content (AvgIpc) is 2.96. The highest BCUT2D eigenvalue weighted by molar-refractivity contribution is 6.06. The quantitative estimate of drug-likeness (QED) is 0.212. The second-order valence-corrected chi connectivity index (χ2v) is 9.95. The van der Waals surface area contributed by atoms with Gasteiger partial charge in [0.05, 0.1) is 12.4 Å². The van der Waals surface area contributed by atoms with Crippen molar-refractivity contribution in [3.05, 3.63) is 108 Å². The molecule has 1 heterocycles. The van der Waals surface area contributed by atoms with Crippen LogP contribution in [0.2, 0.25) is 0 Å². The summed E-state index contributed by atoms with van der Waals surface area (Å²) in [5.74, 6) is 1.32. The minimum absolute atomic E-state index is 0.0286. The van der Waals surface area contributed by atoms with Crippen LogP contribution in [0.4, 0.5) is 5.69 Å². The normalized spacial score (nSPS) is 13.7. The van der Waals surface area contributed by atoms with E-state index in [-0.39, 0.29) is 17.8 Å². The second-order valence-electron chi connectivity index (χ2n) is 9.95. The number of likely N-dealkylation sites (tertiary alicyclic amines) is 1. The van der Waals surface area contributed by atoms with Gasteiger partial charge in [-0.25, -0.2) is 0 Å².